The van der Waals surface area contributed by atoms with Crippen LogP contribution in [0.15, 0.2) is 30.0 Å². The van der Waals surface area contributed by atoms with Crippen molar-refractivity contribution < 1.29 is 18.7 Å². The number of likely N-dealkylation sites (N-methyl/N-ethyl adjacent to an activating group) is 1. The van der Waals surface area contributed by atoms with Gasteiger partial charge in [0.15, 0.2) is 0 Å². The molecule has 4 rings (SSSR count). The van der Waals surface area contributed by atoms with E-state index in [1.54, 1.807) is 12.1 Å². The standard InChI is InChI=1S/C23H31FN4O3/c1-2-25-10-12-27(13-11-25)21-20(18-4-6-19(24)7-5-18)22(29)28(23(21)30)9-3-8-26-14-16-31-17-15-26/h4-7H,2-3,8-17H2,1H3. The molecule has 2 amide bonds. The van der Waals surface area contributed by atoms with E-state index < -0.39 is 0 Å². The highest BCUT2D eigenvalue weighted by Crippen LogP contribution is 2.32. The first kappa shape index (κ1) is 21.9. The maximum Gasteiger partial charge on any atom is 0.277 e. The molecule has 0 unspecified atom stereocenters. The van der Waals surface area contributed by atoms with E-state index >= 15 is 0 Å². The summed E-state index contributed by atoms with van der Waals surface area (Å²) in [5, 5.41) is 0. The van der Waals surface area contributed by atoms with Crippen LogP contribution in [0.5, 0.6) is 0 Å². The SMILES string of the molecule is CCN1CCN(C2=C(c3ccc(F)cc3)C(=O)N(CCCN3CCOCC3)C2=O)CC1. The van der Waals surface area contributed by atoms with E-state index in [9.17, 15) is 14.0 Å². The number of benzene rings is 1. The number of halogens is 1. The van der Waals surface area contributed by atoms with Gasteiger partial charge >= 0.3 is 0 Å². The van der Waals surface area contributed by atoms with E-state index in [1.807, 2.05) is 4.90 Å². The molecule has 3 aliphatic heterocycles. The van der Waals surface area contributed by atoms with Crippen molar-refractivity contribution in [3.63, 3.8) is 0 Å². The highest BCUT2D eigenvalue weighted by Gasteiger charge is 2.41. The largest absolute Gasteiger partial charge is 0.379 e. The number of amides is 2. The lowest BCUT2D eigenvalue weighted by Gasteiger charge is -2.36. The van der Waals surface area contributed by atoms with Gasteiger partial charge in [-0.2, -0.15) is 0 Å². The van der Waals surface area contributed by atoms with Gasteiger partial charge in [0, 0.05) is 52.4 Å². The van der Waals surface area contributed by atoms with Crippen LogP contribution < -0.4 is 0 Å². The quantitative estimate of drug-likeness (QED) is 0.608. The first-order valence-electron chi connectivity index (χ1n) is 11.2. The summed E-state index contributed by atoms with van der Waals surface area (Å²) < 4.78 is 18.9. The van der Waals surface area contributed by atoms with Gasteiger partial charge in [0.2, 0.25) is 0 Å². The molecule has 1 aromatic rings. The van der Waals surface area contributed by atoms with Gasteiger partial charge in [-0.05, 0) is 30.7 Å². The molecule has 0 N–H and O–H groups in total. The molecule has 0 saturated carbocycles. The molecule has 2 saturated heterocycles. The van der Waals surface area contributed by atoms with Crippen molar-refractivity contribution in [3.8, 4) is 0 Å². The van der Waals surface area contributed by atoms with Gasteiger partial charge in [0.25, 0.3) is 11.8 Å². The number of imide groups is 1. The van der Waals surface area contributed by atoms with Gasteiger partial charge in [-0.3, -0.25) is 19.4 Å². The van der Waals surface area contributed by atoms with Crippen molar-refractivity contribution in [2.75, 3.05) is 72.1 Å². The second-order valence-corrected chi connectivity index (χ2v) is 8.22. The number of carbonyl (C=O) groups excluding carboxylic acids is 2. The van der Waals surface area contributed by atoms with Crippen LogP contribution in [0, 0.1) is 5.82 Å². The number of nitrogens with zero attached hydrogens (tertiary/aromatic N) is 4. The Balaban J connectivity index is 1.52. The zero-order chi connectivity index (χ0) is 21.8. The average Bonchev–Trinajstić information content (AvgIpc) is 3.05. The minimum Gasteiger partial charge on any atom is -0.379 e. The number of morpholine rings is 1. The van der Waals surface area contributed by atoms with Crippen LogP contribution in [0.2, 0.25) is 0 Å². The Labute approximate surface area is 183 Å². The fourth-order valence-corrected chi connectivity index (χ4v) is 4.50. The fourth-order valence-electron chi connectivity index (χ4n) is 4.50. The van der Waals surface area contributed by atoms with Crippen LogP contribution in [0.3, 0.4) is 0 Å². The maximum atomic E-state index is 13.5. The maximum absolute atomic E-state index is 13.5. The Morgan fingerprint density at radius 3 is 2.19 bits per heavy atom. The molecule has 3 aliphatic rings. The van der Waals surface area contributed by atoms with Crippen LogP contribution in [0.4, 0.5) is 4.39 Å². The fraction of sp³-hybridized carbons (Fsp3) is 0.565. The van der Waals surface area contributed by atoms with Crippen molar-refractivity contribution in [3.05, 3.63) is 41.3 Å². The van der Waals surface area contributed by atoms with Gasteiger partial charge in [-0.1, -0.05) is 19.1 Å². The monoisotopic (exact) mass is 430 g/mol. The van der Waals surface area contributed by atoms with Gasteiger partial charge in [0.1, 0.15) is 11.5 Å². The van der Waals surface area contributed by atoms with Crippen molar-refractivity contribution in [1.82, 2.24) is 19.6 Å². The minimum atomic E-state index is -0.360. The van der Waals surface area contributed by atoms with Crippen molar-refractivity contribution in [2.24, 2.45) is 0 Å². The lowest BCUT2D eigenvalue weighted by molar-refractivity contribution is -0.137. The lowest BCUT2D eigenvalue weighted by Crippen LogP contribution is -2.47. The second-order valence-electron chi connectivity index (χ2n) is 8.22. The summed E-state index contributed by atoms with van der Waals surface area (Å²) >= 11 is 0. The predicted octanol–water partition coefficient (Wildman–Crippen LogP) is 1.27. The highest BCUT2D eigenvalue weighted by molar-refractivity contribution is 6.35. The van der Waals surface area contributed by atoms with E-state index in [1.165, 1.54) is 17.0 Å². The Hall–Kier alpha value is -2.29. The van der Waals surface area contributed by atoms with E-state index in [-0.39, 0.29) is 17.6 Å². The molecule has 2 fully saturated rings. The number of carbonyl (C=O) groups is 2. The molecule has 168 valence electrons. The van der Waals surface area contributed by atoms with Crippen LogP contribution in [0.1, 0.15) is 18.9 Å². The molecule has 0 spiro atoms. The topological polar surface area (TPSA) is 56.3 Å². The van der Waals surface area contributed by atoms with Crippen LogP contribution >= 0.6 is 0 Å². The predicted molar refractivity (Wildman–Crippen MR) is 116 cm³/mol. The van der Waals surface area contributed by atoms with Gasteiger partial charge in [-0.15, -0.1) is 0 Å². The summed E-state index contributed by atoms with van der Waals surface area (Å²) in [5.41, 5.74) is 1.48. The number of hydrogen-bond donors (Lipinski definition) is 0. The zero-order valence-corrected chi connectivity index (χ0v) is 18.2. The van der Waals surface area contributed by atoms with Crippen molar-refractivity contribution >= 4 is 17.4 Å². The molecule has 3 heterocycles. The number of hydrogen-bond acceptors (Lipinski definition) is 6. The van der Waals surface area contributed by atoms with Crippen LogP contribution in [0.25, 0.3) is 5.57 Å². The Bertz CT molecular complexity index is 828. The third-order valence-electron chi connectivity index (χ3n) is 6.37. The molecule has 0 bridgehead atoms. The van der Waals surface area contributed by atoms with E-state index in [0.717, 1.165) is 58.9 Å². The molecule has 0 aliphatic carbocycles. The zero-order valence-electron chi connectivity index (χ0n) is 18.2. The van der Waals surface area contributed by atoms with Gasteiger partial charge in [0.05, 0.1) is 18.8 Å². The number of rotatable bonds is 7. The smallest absolute Gasteiger partial charge is 0.277 e. The molecular formula is C23H31FN4O3. The molecule has 8 heteroatoms. The molecule has 7 nitrogen and oxygen atoms in total. The summed E-state index contributed by atoms with van der Waals surface area (Å²) in [6, 6.07) is 5.87. The van der Waals surface area contributed by atoms with E-state index in [0.29, 0.717) is 36.5 Å². The van der Waals surface area contributed by atoms with Crippen LogP contribution in [-0.4, -0.2) is 104 Å². The highest BCUT2D eigenvalue weighted by atomic mass is 19.1. The third-order valence-corrected chi connectivity index (χ3v) is 6.37. The Kier molecular flexibility index (Phi) is 6.99. The van der Waals surface area contributed by atoms with E-state index in [4.69, 9.17) is 4.74 Å². The summed E-state index contributed by atoms with van der Waals surface area (Å²) in [6.45, 7) is 10.7. The van der Waals surface area contributed by atoms with Crippen molar-refractivity contribution in [1.29, 1.82) is 0 Å². The summed E-state index contributed by atoms with van der Waals surface area (Å²) in [5.74, 6) is -0.857. The molecule has 31 heavy (non-hydrogen) atoms. The first-order valence-corrected chi connectivity index (χ1v) is 11.2. The summed E-state index contributed by atoms with van der Waals surface area (Å²) in [7, 11) is 0. The normalized spacial score (nSPS) is 21.5. The molecule has 0 aromatic heterocycles. The average molecular weight is 431 g/mol. The first-order chi connectivity index (χ1) is 15.1. The lowest BCUT2D eigenvalue weighted by atomic mass is 10.0. The summed E-state index contributed by atoms with van der Waals surface area (Å²) in [4.78, 5) is 34.8. The molecular weight excluding hydrogens is 399 g/mol. The second kappa shape index (κ2) is 9.89. The summed E-state index contributed by atoms with van der Waals surface area (Å²) in [6.07, 6.45) is 0.727. The van der Waals surface area contributed by atoms with Gasteiger partial charge in [-0.25, -0.2) is 4.39 Å². The number of piperazine rings is 1. The molecule has 1 aromatic carbocycles. The van der Waals surface area contributed by atoms with Crippen LogP contribution in [-0.2, 0) is 14.3 Å². The molecule has 0 radical (unpaired) electrons. The van der Waals surface area contributed by atoms with E-state index in [2.05, 4.69) is 16.7 Å². The Morgan fingerprint density at radius 1 is 0.871 bits per heavy atom. The third kappa shape index (κ3) is 4.81. The van der Waals surface area contributed by atoms with Crippen molar-refractivity contribution in [2.45, 2.75) is 13.3 Å². The minimum absolute atomic E-state index is 0.226. The number of ether oxygens (including phenoxy) is 1. The molecule has 0 atom stereocenters. The Morgan fingerprint density at radius 2 is 1.55 bits per heavy atom. The van der Waals surface area contributed by atoms with Gasteiger partial charge < -0.3 is 14.5 Å².